The van der Waals surface area contributed by atoms with Crippen molar-refractivity contribution < 1.29 is 33.3 Å². The Balaban J connectivity index is 2.05. The Morgan fingerprint density at radius 2 is 1.72 bits per heavy atom. The van der Waals surface area contributed by atoms with E-state index in [-0.39, 0.29) is 13.2 Å². The number of carbonyl (C=O) groups excluding carboxylic acids is 2. The van der Waals surface area contributed by atoms with Crippen LogP contribution in [0.2, 0.25) is 0 Å². The molecule has 1 aliphatic heterocycles. The molecule has 0 bridgehead atoms. The highest BCUT2D eigenvalue weighted by molar-refractivity contribution is 5.96. The average molecular weight is 398 g/mol. The number of hydrogen-bond donors (Lipinski definition) is 0. The van der Waals surface area contributed by atoms with Gasteiger partial charge in [-0.15, -0.1) is 0 Å². The Morgan fingerprint density at radius 1 is 1.00 bits per heavy atom. The molecule has 0 aromatic heterocycles. The maximum atomic E-state index is 12.6. The SMILES string of the molecule is COC(=O)CC(/C(=C\c1ccc(OC)cc1)C(=O)OC)c1ccc2c(c1)OCO2. The summed E-state index contributed by atoms with van der Waals surface area (Å²) >= 11 is 0. The van der Waals surface area contributed by atoms with Crippen LogP contribution in [0.3, 0.4) is 0 Å². The largest absolute Gasteiger partial charge is 0.497 e. The van der Waals surface area contributed by atoms with E-state index >= 15 is 0 Å². The highest BCUT2D eigenvalue weighted by Gasteiger charge is 2.28. The molecule has 1 heterocycles. The topological polar surface area (TPSA) is 80.3 Å². The van der Waals surface area contributed by atoms with Crippen molar-refractivity contribution in [3.63, 3.8) is 0 Å². The van der Waals surface area contributed by atoms with Crippen molar-refractivity contribution in [2.45, 2.75) is 12.3 Å². The van der Waals surface area contributed by atoms with Gasteiger partial charge in [-0.25, -0.2) is 4.79 Å². The molecular weight excluding hydrogens is 376 g/mol. The molecule has 0 amide bonds. The van der Waals surface area contributed by atoms with E-state index in [2.05, 4.69) is 0 Å². The lowest BCUT2D eigenvalue weighted by atomic mass is 9.86. The van der Waals surface area contributed by atoms with Gasteiger partial charge in [-0.2, -0.15) is 0 Å². The van der Waals surface area contributed by atoms with Gasteiger partial charge in [-0.05, 0) is 41.5 Å². The van der Waals surface area contributed by atoms with Crippen molar-refractivity contribution in [1.82, 2.24) is 0 Å². The number of fused-ring (bicyclic) bond motifs is 1. The minimum Gasteiger partial charge on any atom is -0.497 e. The van der Waals surface area contributed by atoms with Crippen LogP contribution >= 0.6 is 0 Å². The van der Waals surface area contributed by atoms with Crippen LogP contribution in [0, 0.1) is 0 Å². The highest BCUT2D eigenvalue weighted by atomic mass is 16.7. The summed E-state index contributed by atoms with van der Waals surface area (Å²) in [6, 6.07) is 12.5. The van der Waals surface area contributed by atoms with Crippen LogP contribution < -0.4 is 14.2 Å². The first kappa shape index (κ1) is 20.3. The summed E-state index contributed by atoms with van der Waals surface area (Å²) < 4.78 is 25.8. The molecule has 7 heteroatoms. The molecule has 1 unspecified atom stereocenters. The number of carbonyl (C=O) groups is 2. The van der Waals surface area contributed by atoms with Gasteiger partial charge < -0.3 is 23.7 Å². The number of ether oxygens (including phenoxy) is 5. The number of esters is 2. The molecule has 0 aliphatic carbocycles. The van der Waals surface area contributed by atoms with Crippen LogP contribution in [0.1, 0.15) is 23.5 Å². The van der Waals surface area contributed by atoms with Crippen LogP contribution in [0.15, 0.2) is 48.0 Å². The Bertz CT molecular complexity index is 915. The Hall–Kier alpha value is -3.48. The van der Waals surface area contributed by atoms with E-state index in [9.17, 15) is 9.59 Å². The summed E-state index contributed by atoms with van der Waals surface area (Å²) in [5.74, 6) is 0.301. The number of hydrogen-bond acceptors (Lipinski definition) is 7. The predicted octanol–water partition coefficient (Wildman–Crippen LogP) is 3.33. The minimum atomic E-state index is -0.591. The second kappa shape index (κ2) is 9.14. The van der Waals surface area contributed by atoms with Gasteiger partial charge in [-0.3, -0.25) is 4.79 Å². The first-order chi connectivity index (χ1) is 14.0. The standard InChI is InChI=1S/C22H22O7/c1-25-16-7-4-14(5-8-16)10-18(22(24)27-3)17(12-21(23)26-2)15-6-9-19-20(11-15)29-13-28-19/h4-11,17H,12-13H2,1-3H3/b18-10+. The van der Waals surface area contributed by atoms with Crippen molar-refractivity contribution in [1.29, 1.82) is 0 Å². The van der Waals surface area contributed by atoms with Gasteiger partial charge in [0.1, 0.15) is 5.75 Å². The molecular formula is C22H22O7. The van der Waals surface area contributed by atoms with Crippen molar-refractivity contribution >= 4 is 18.0 Å². The molecule has 2 aromatic carbocycles. The third-order valence-electron chi connectivity index (χ3n) is 4.63. The van der Waals surface area contributed by atoms with E-state index in [0.717, 1.165) is 5.56 Å². The van der Waals surface area contributed by atoms with E-state index in [1.54, 1.807) is 43.5 Å². The third kappa shape index (κ3) is 4.68. The number of methoxy groups -OCH3 is 3. The summed E-state index contributed by atoms with van der Waals surface area (Å²) in [6.45, 7) is 0.131. The molecule has 29 heavy (non-hydrogen) atoms. The fourth-order valence-electron chi connectivity index (χ4n) is 3.09. The van der Waals surface area contributed by atoms with Crippen LogP contribution in [-0.2, 0) is 19.1 Å². The van der Waals surface area contributed by atoms with E-state index in [1.165, 1.54) is 14.2 Å². The van der Waals surface area contributed by atoms with Gasteiger partial charge in [0.05, 0.1) is 27.8 Å². The zero-order chi connectivity index (χ0) is 20.8. The molecule has 0 saturated carbocycles. The van der Waals surface area contributed by atoms with Crippen LogP contribution in [0.25, 0.3) is 6.08 Å². The molecule has 0 saturated heterocycles. The number of rotatable bonds is 7. The third-order valence-corrected chi connectivity index (χ3v) is 4.63. The summed E-state index contributed by atoms with van der Waals surface area (Å²) in [7, 11) is 4.19. The average Bonchev–Trinajstić information content (AvgIpc) is 3.23. The molecule has 0 spiro atoms. The van der Waals surface area contributed by atoms with E-state index < -0.39 is 17.9 Å². The fourth-order valence-corrected chi connectivity index (χ4v) is 3.09. The zero-order valence-electron chi connectivity index (χ0n) is 16.5. The smallest absolute Gasteiger partial charge is 0.334 e. The lowest BCUT2D eigenvalue weighted by Gasteiger charge is -2.19. The summed E-state index contributed by atoms with van der Waals surface area (Å²) in [6.07, 6.45) is 1.66. The summed E-state index contributed by atoms with van der Waals surface area (Å²) in [5.41, 5.74) is 1.80. The molecule has 2 aromatic rings. The zero-order valence-corrected chi connectivity index (χ0v) is 16.5. The maximum Gasteiger partial charge on any atom is 0.334 e. The molecule has 7 nitrogen and oxygen atoms in total. The molecule has 0 radical (unpaired) electrons. The molecule has 0 fully saturated rings. The van der Waals surface area contributed by atoms with Crippen molar-refractivity contribution in [2.75, 3.05) is 28.1 Å². The van der Waals surface area contributed by atoms with Crippen LogP contribution in [0.4, 0.5) is 0 Å². The first-order valence-corrected chi connectivity index (χ1v) is 8.96. The fraction of sp³-hybridized carbons (Fsp3) is 0.273. The first-order valence-electron chi connectivity index (χ1n) is 8.96. The second-order valence-electron chi connectivity index (χ2n) is 6.31. The number of benzene rings is 2. The van der Waals surface area contributed by atoms with Crippen LogP contribution in [-0.4, -0.2) is 40.1 Å². The summed E-state index contributed by atoms with van der Waals surface area (Å²) in [5, 5.41) is 0. The predicted molar refractivity (Wildman–Crippen MR) is 105 cm³/mol. The van der Waals surface area contributed by atoms with E-state index in [4.69, 9.17) is 23.7 Å². The van der Waals surface area contributed by atoms with Crippen molar-refractivity contribution in [3.8, 4) is 17.2 Å². The Labute approximate surface area is 168 Å². The Morgan fingerprint density at radius 3 is 2.38 bits per heavy atom. The monoisotopic (exact) mass is 398 g/mol. The van der Waals surface area contributed by atoms with Gasteiger partial charge >= 0.3 is 11.9 Å². The normalized spacial score (nSPS) is 13.6. The lowest BCUT2D eigenvalue weighted by Crippen LogP contribution is -2.17. The highest BCUT2D eigenvalue weighted by Crippen LogP contribution is 2.38. The molecule has 3 rings (SSSR count). The van der Waals surface area contributed by atoms with Gasteiger partial charge in [0.15, 0.2) is 11.5 Å². The van der Waals surface area contributed by atoms with Crippen molar-refractivity contribution in [3.05, 3.63) is 59.2 Å². The molecule has 152 valence electrons. The minimum absolute atomic E-state index is 0.0345. The molecule has 1 atom stereocenters. The van der Waals surface area contributed by atoms with Gasteiger partial charge in [0.25, 0.3) is 0 Å². The Kier molecular flexibility index (Phi) is 6.39. The van der Waals surface area contributed by atoms with E-state index in [1.807, 2.05) is 12.1 Å². The molecule has 0 N–H and O–H groups in total. The second-order valence-corrected chi connectivity index (χ2v) is 6.31. The lowest BCUT2D eigenvalue weighted by molar-refractivity contribution is -0.141. The quantitative estimate of drug-likeness (QED) is 0.523. The van der Waals surface area contributed by atoms with Gasteiger partial charge in [0.2, 0.25) is 6.79 Å². The van der Waals surface area contributed by atoms with Gasteiger partial charge in [-0.1, -0.05) is 18.2 Å². The maximum absolute atomic E-state index is 12.6. The molecule has 1 aliphatic rings. The summed E-state index contributed by atoms with van der Waals surface area (Å²) in [4.78, 5) is 24.7. The van der Waals surface area contributed by atoms with E-state index in [0.29, 0.717) is 28.4 Å². The van der Waals surface area contributed by atoms with Crippen LogP contribution in [0.5, 0.6) is 17.2 Å². The van der Waals surface area contributed by atoms with Gasteiger partial charge in [0, 0.05) is 11.5 Å². The van der Waals surface area contributed by atoms with Crippen molar-refractivity contribution in [2.24, 2.45) is 0 Å².